The van der Waals surface area contributed by atoms with Crippen LogP contribution in [0.25, 0.3) is 0 Å². The highest BCUT2D eigenvalue weighted by Gasteiger charge is 2.27. The summed E-state index contributed by atoms with van der Waals surface area (Å²) in [5, 5.41) is 4.85. The van der Waals surface area contributed by atoms with Gasteiger partial charge in [0.05, 0.1) is 8.45 Å². The van der Waals surface area contributed by atoms with Gasteiger partial charge in [0.15, 0.2) is 0 Å². The molecule has 102 valence electrons. The van der Waals surface area contributed by atoms with Gasteiger partial charge in [-0.25, -0.2) is 0 Å². The number of nitrogens with two attached hydrogens (primary N) is 1. The number of amides is 1. The maximum atomic E-state index is 11.9. The summed E-state index contributed by atoms with van der Waals surface area (Å²) in [5.41, 5.74) is 6.84. The predicted molar refractivity (Wildman–Crippen MR) is 86.6 cm³/mol. The van der Waals surface area contributed by atoms with Gasteiger partial charge in [-0.15, -0.1) is 23.7 Å². The molecule has 0 aliphatic heterocycles. The molecular weight excluding hydrogens is 383 g/mol. The minimum absolute atomic E-state index is 0. The molecule has 1 fully saturated rings. The van der Waals surface area contributed by atoms with Crippen LogP contribution < -0.4 is 11.1 Å². The Hall–Kier alpha value is 0.150. The maximum absolute atomic E-state index is 11.9. The lowest BCUT2D eigenvalue weighted by molar-refractivity contribution is 0.0938. The van der Waals surface area contributed by atoms with E-state index in [9.17, 15) is 4.79 Å². The second kappa shape index (κ2) is 7.07. The lowest BCUT2D eigenvalue weighted by Gasteiger charge is -2.33. The second-order valence-electron chi connectivity index (χ2n) is 4.75. The van der Waals surface area contributed by atoms with E-state index in [0.717, 1.165) is 21.3 Å². The van der Waals surface area contributed by atoms with Gasteiger partial charge in [0.25, 0.3) is 5.91 Å². The van der Waals surface area contributed by atoms with Crippen molar-refractivity contribution in [1.29, 1.82) is 0 Å². The first-order valence-electron chi connectivity index (χ1n) is 5.90. The maximum Gasteiger partial charge on any atom is 0.252 e. The average Bonchev–Trinajstić information content (AvgIpc) is 2.74. The molecule has 1 amide bonds. The Morgan fingerprint density at radius 3 is 2.67 bits per heavy atom. The minimum Gasteiger partial charge on any atom is -0.350 e. The van der Waals surface area contributed by atoms with Crippen LogP contribution in [0, 0.1) is 2.88 Å². The lowest BCUT2D eigenvalue weighted by atomic mass is 9.82. The molecule has 1 aliphatic rings. The van der Waals surface area contributed by atoms with Gasteiger partial charge in [0, 0.05) is 17.5 Å². The van der Waals surface area contributed by atoms with Crippen LogP contribution >= 0.6 is 46.3 Å². The monoisotopic (exact) mass is 400 g/mol. The average molecular weight is 401 g/mol. The van der Waals surface area contributed by atoms with E-state index in [0.29, 0.717) is 6.54 Å². The summed E-state index contributed by atoms with van der Waals surface area (Å²) in [6.45, 7) is 0.595. The molecule has 1 aliphatic carbocycles. The highest BCUT2D eigenvalue weighted by atomic mass is 127. The molecule has 0 saturated heterocycles. The zero-order chi connectivity index (χ0) is 12.3. The van der Waals surface area contributed by atoms with E-state index >= 15 is 0 Å². The summed E-state index contributed by atoms with van der Waals surface area (Å²) in [4.78, 5) is 11.9. The van der Waals surface area contributed by atoms with E-state index < -0.39 is 0 Å². The Labute approximate surface area is 131 Å². The highest BCUT2D eigenvalue weighted by Crippen LogP contribution is 2.25. The van der Waals surface area contributed by atoms with E-state index in [1.54, 1.807) is 11.3 Å². The molecule has 1 heterocycles. The largest absolute Gasteiger partial charge is 0.350 e. The van der Waals surface area contributed by atoms with Crippen LogP contribution in [-0.2, 0) is 0 Å². The fourth-order valence-electron chi connectivity index (χ4n) is 2.22. The number of carbonyl (C=O) groups is 1. The minimum atomic E-state index is -0.183. The summed E-state index contributed by atoms with van der Waals surface area (Å²) in [5.74, 6) is -0.000403. The predicted octanol–water partition coefficient (Wildman–Crippen LogP) is 3.17. The summed E-state index contributed by atoms with van der Waals surface area (Å²) in [6, 6.07) is 1.91. The van der Waals surface area contributed by atoms with Gasteiger partial charge in [-0.2, -0.15) is 0 Å². The zero-order valence-corrected chi connectivity index (χ0v) is 13.9. The van der Waals surface area contributed by atoms with Gasteiger partial charge < -0.3 is 11.1 Å². The van der Waals surface area contributed by atoms with Gasteiger partial charge >= 0.3 is 0 Å². The fraction of sp³-hybridized carbons (Fsp3) is 0.583. The van der Waals surface area contributed by atoms with Gasteiger partial charge in [0.1, 0.15) is 0 Å². The number of hydrogen-bond acceptors (Lipinski definition) is 3. The van der Waals surface area contributed by atoms with Crippen molar-refractivity contribution in [2.24, 2.45) is 5.73 Å². The van der Waals surface area contributed by atoms with Crippen molar-refractivity contribution in [2.75, 3.05) is 6.54 Å². The van der Waals surface area contributed by atoms with Crippen LogP contribution in [0.2, 0.25) is 0 Å². The van der Waals surface area contributed by atoms with E-state index in [-0.39, 0.29) is 23.9 Å². The molecule has 3 nitrogen and oxygen atoms in total. The highest BCUT2D eigenvalue weighted by molar-refractivity contribution is 14.1. The van der Waals surface area contributed by atoms with E-state index in [2.05, 4.69) is 27.9 Å². The number of thiophene rings is 1. The molecule has 2 rings (SSSR count). The molecule has 0 spiro atoms. The van der Waals surface area contributed by atoms with Gasteiger partial charge in [-0.1, -0.05) is 19.3 Å². The normalized spacial score (nSPS) is 17.9. The Balaban J connectivity index is 0.00000162. The molecule has 0 atom stereocenters. The van der Waals surface area contributed by atoms with Crippen molar-refractivity contribution in [3.8, 4) is 0 Å². The number of hydrogen-bond donors (Lipinski definition) is 2. The van der Waals surface area contributed by atoms with Gasteiger partial charge in [0.2, 0.25) is 0 Å². The Kier molecular flexibility index (Phi) is 6.37. The standard InChI is InChI=1S/C12H17IN2OS.ClH/c13-10-6-9(7-17-10)11(16)15-8-12(14)4-2-1-3-5-12;/h6-7H,1-5,8,14H2,(H,15,16);1H. The molecule has 0 bridgehead atoms. The molecule has 1 saturated carbocycles. The summed E-state index contributed by atoms with van der Waals surface area (Å²) in [7, 11) is 0. The van der Waals surface area contributed by atoms with Crippen molar-refractivity contribution >= 4 is 52.2 Å². The third-order valence-electron chi connectivity index (χ3n) is 3.28. The lowest BCUT2D eigenvalue weighted by Crippen LogP contribution is -2.51. The van der Waals surface area contributed by atoms with Crippen LogP contribution in [-0.4, -0.2) is 18.0 Å². The van der Waals surface area contributed by atoms with Gasteiger partial charge in [-0.3, -0.25) is 4.79 Å². The Morgan fingerprint density at radius 1 is 1.44 bits per heavy atom. The number of nitrogens with one attached hydrogen (secondary N) is 1. The summed E-state index contributed by atoms with van der Waals surface area (Å²) < 4.78 is 1.13. The van der Waals surface area contributed by atoms with Crippen molar-refractivity contribution in [3.63, 3.8) is 0 Å². The van der Waals surface area contributed by atoms with E-state index in [1.807, 2.05) is 11.4 Å². The molecule has 3 N–H and O–H groups in total. The molecule has 6 heteroatoms. The van der Waals surface area contributed by atoms with E-state index in [1.165, 1.54) is 19.3 Å². The first-order chi connectivity index (χ1) is 8.09. The van der Waals surface area contributed by atoms with Crippen molar-refractivity contribution in [1.82, 2.24) is 5.32 Å². The third kappa shape index (κ3) is 4.36. The van der Waals surface area contributed by atoms with Gasteiger partial charge in [-0.05, 0) is 41.5 Å². The molecular formula is C12H18ClIN2OS. The van der Waals surface area contributed by atoms with Crippen LogP contribution in [0.15, 0.2) is 11.4 Å². The molecule has 0 aromatic carbocycles. The summed E-state index contributed by atoms with van der Waals surface area (Å²) >= 11 is 3.81. The number of rotatable bonds is 3. The SMILES string of the molecule is Cl.NC1(CNC(=O)c2csc(I)c2)CCCCC1. The first-order valence-corrected chi connectivity index (χ1v) is 7.86. The van der Waals surface area contributed by atoms with Crippen LogP contribution in [0.3, 0.4) is 0 Å². The van der Waals surface area contributed by atoms with E-state index in [4.69, 9.17) is 5.73 Å². The molecule has 1 aromatic heterocycles. The summed E-state index contributed by atoms with van der Waals surface area (Å²) in [6.07, 6.45) is 5.68. The topological polar surface area (TPSA) is 55.1 Å². The van der Waals surface area contributed by atoms with Crippen LogP contribution in [0.4, 0.5) is 0 Å². The van der Waals surface area contributed by atoms with Crippen LogP contribution in [0.5, 0.6) is 0 Å². The zero-order valence-electron chi connectivity index (χ0n) is 10.1. The Bertz CT molecular complexity index is 405. The quantitative estimate of drug-likeness (QED) is 0.766. The fourth-order valence-corrected chi connectivity index (χ4v) is 3.55. The van der Waals surface area contributed by atoms with Crippen molar-refractivity contribution in [2.45, 2.75) is 37.6 Å². The number of halogens is 2. The molecule has 0 radical (unpaired) electrons. The molecule has 0 unspecified atom stereocenters. The second-order valence-corrected chi connectivity index (χ2v) is 7.55. The third-order valence-corrected chi connectivity index (χ3v) is 5.07. The molecule has 18 heavy (non-hydrogen) atoms. The number of carbonyl (C=O) groups excluding carboxylic acids is 1. The first kappa shape index (κ1) is 16.2. The van der Waals surface area contributed by atoms with Crippen molar-refractivity contribution < 1.29 is 4.79 Å². The smallest absolute Gasteiger partial charge is 0.252 e. The molecule has 1 aromatic rings. The Morgan fingerprint density at radius 2 is 2.11 bits per heavy atom. The van der Waals surface area contributed by atoms with Crippen molar-refractivity contribution in [3.05, 3.63) is 19.9 Å². The van der Waals surface area contributed by atoms with Crippen LogP contribution in [0.1, 0.15) is 42.5 Å².